The van der Waals surface area contributed by atoms with Crippen LogP contribution in [0.4, 0.5) is 0 Å². The van der Waals surface area contributed by atoms with Crippen molar-refractivity contribution >= 4 is 18.0 Å². The molecule has 0 saturated carbocycles. The number of rotatable bonds is 10. The van der Waals surface area contributed by atoms with Gasteiger partial charge in [0.25, 0.3) is 0 Å². The van der Waals surface area contributed by atoms with Gasteiger partial charge in [0.15, 0.2) is 0 Å². The number of ether oxygens (including phenoxy) is 3. The van der Waals surface area contributed by atoms with Crippen LogP contribution in [0.25, 0.3) is 6.08 Å². The van der Waals surface area contributed by atoms with Crippen molar-refractivity contribution in [1.29, 1.82) is 0 Å². The fraction of sp³-hybridized carbons (Fsp3) is 0.545. The first-order valence-electron chi connectivity index (χ1n) is 9.92. The first kappa shape index (κ1) is 22.0. The van der Waals surface area contributed by atoms with E-state index in [1.165, 1.54) is 7.11 Å². The summed E-state index contributed by atoms with van der Waals surface area (Å²) < 4.78 is 16.0. The molecule has 0 spiro atoms. The summed E-state index contributed by atoms with van der Waals surface area (Å²) in [6.07, 6.45) is 6.23. The minimum atomic E-state index is -0.390. The lowest BCUT2D eigenvalue weighted by atomic mass is 10.1. The van der Waals surface area contributed by atoms with Gasteiger partial charge in [-0.1, -0.05) is 26.0 Å². The van der Waals surface area contributed by atoms with Crippen molar-refractivity contribution in [3.8, 4) is 5.75 Å². The molecule has 1 aliphatic heterocycles. The van der Waals surface area contributed by atoms with Crippen LogP contribution >= 0.6 is 0 Å². The Kier molecular flexibility index (Phi) is 9.01. The van der Waals surface area contributed by atoms with E-state index < -0.39 is 5.92 Å². The zero-order valence-corrected chi connectivity index (χ0v) is 17.1. The highest BCUT2D eigenvalue weighted by Crippen LogP contribution is 2.16. The third kappa shape index (κ3) is 7.00. The summed E-state index contributed by atoms with van der Waals surface area (Å²) in [7, 11) is 1.36. The Balaban J connectivity index is 2.00. The van der Waals surface area contributed by atoms with Gasteiger partial charge >= 0.3 is 5.97 Å². The molecule has 1 saturated heterocycles. The Morgan fingerprint density at radius 2 is 2.07 bits per heavy atom. The summed E-state index contributed by atoms with van der Waals surface area (Å²) in [5.41, 5.74) is 0.912. The summed E-state index contributed by atoms with van der Waals surface area (Å²) >= 11 is 0. The lowest BCUT2D eigenvalue weighted by molar-refractivity contribution is -0.146. The minimum Gasteiger partial charge on any atom is -0.494 e. The Morgan fingerprint density at radius 1 is 1.32 bits per heavy atom. The van der Waals surface area contributed by atoms with E-state index in [1.807, 2.05) is 24.3 Å². The molecule has 0 aromatic heterocycles. The average Bonchev–Trinajstić information content (AvgIpc) is 3.23. The van der Waals surface area contributed by atoms with Gasteiger partial charge in [0.1, 0.15) is 5.75 Å². The smallest absolute Gasteiger partial charge is 0.310 e. The molecule has 1 fully saturated rings. The number of hydrogen-bond donors (Lipinski definition) is 0. The number of esters is 1. The van der Waals surface area contributed by atoms with Gasteiger partial charge in [0, 0.05) is 25.8 Å². The third-order valence-corrected chi connectivity index (χ3v) is 4.63. The first-order valence-corrected chi connectivity index (χ1v) is 9.92. The highest BCUT2D eigenvalue weighted by molar-refractivity contribution is 5.92. The van der Waals surface area contributed by atoms with E-state index in [2.05, 4.69) is 6.92 Å². The van der Waals surface area contributed by atoms with Crippen LogP contribution in [-0.4, -0.2) is 56.3 Å². The van der Waals surface area contributed by atoms with E-state index in [0.29, 0.717) is 19.7 Å². The van der Waals surface area contributed by atoms with Crippen molar-refractivity contribution in [2.24, 2.45) is 5.92 Å². The van der Waals surface area contributed by atoms with Gasteiger partial charge < -0.3 is 19.1 Å². The topological polar surface area (TPSA) is 65.1 Å². The molecule has 28 heavy (non-hydrogen) atoms. The molecule has 2 atom stereocenters. The van der Waals surface area contributed by atoms with E-state index in [1.54, 1.807) is 24.0 Å². The number of amides is 1. The Hall–Kier alpha value is -2.34. The van der Waals surface area contributed by atoms with Gasteiger partial charge in [0.05, 0.1) is 25.7 Å². The van der Waals surface area contributed by atoms with Gasteiger partial charge in [-0.2, -0.15) is 0 Å². The second-order valence-corrected chi connectivity index (χ2v) is 7.05. The summed E-state index contributed by atoms with van der Waals surface area (Å²) in [6, 6.07) is 7.61. The third-order valence-electron chi connectivity index (χ3n) is 4.63. The van der Waals surface area contributed by atoms with E-state index in [9.17, 15) is 9.59 Å². The van der Waals surface area contributed by atoms with Crippen LogP contribution in [0.15, 0.2) is 30.3 Å². The van der Waals surface area contributed by atoms with Crippen molar-refractivity contribution in [2.75, 3.05) is 33.4 Å². The lowest BCUT2D eigenvalue weighted by Gasteiger charge is -2.26. The summed E-state index contributed by atoms with van der Waals surface area (Å²) in [4.78, 5) is 26.2. The molecule has 1 aliphatic rings. The quantitative estimate of drug-likeness (QED) is 0.454. The van der Waals surface area contributed by atoms with Crippen LogP contribution in [0.3, 0.4) is 0 Å². The predicted octanol–water partition coefficient (Wildman–Crippen LogP) is 3.31. The predicted molar refractivity (Wildman–Crippen MR) is 108 cm³/mol. The number of methoxy groups -OCH3 is 1. The lowest BCUT2D eigenvalue weighted by Crippen LogP contribution is -2.40. The summed E-state index contributed by atoms with van der Waals surface area (Å²) in [5.74, 6) is -0.0367. The van der Waals surface area contributed by atoms with E-state index in [-0.39, 0.29) is 18.0 Å². The molecule has 2 unspecified atom stereocenters. The molecule has 154 valence electrons. The number of hydrogen-bond acceptors (Lipinski definition) is 5. The number of carbonyl (C=O) groups is 2. The van der Waals surface area contributed by atoms with Crippen molar-refractivity contribution in [2.45, 2.75) is 39.2 Å². The van der Waals surface area contributed by atoms with Crippen LogP contribution < -0.4 is 4.74 Å². The fourth-order valence-electron chi connectivity index (χ4n) is 3.06. The van der Waals surface area contributed by atoms with Gasteiger partial charge in [-0.25, -0.2) is 0 Å². The summed E-state index contributed by atoms with van der Waals surface area (Å²) in [5, 5.41) is 0. The van der Waals surface area contributed by atoms with Crippen molar-refractivity contribution in [3.05, 3.63) is 35.9 Å². The zero-order chi connectivity index (χ0) is 20.4. The van der Waals surface area contributed by atoms with Crippen LogP contribution in [0.5, 0.6) is 5.75 Å². The van der Waals surface area contributed by atoms with Crippen LogP contribution in [0, 0.1) is 5.92 Å². The molecule has 1 amide bonds. The average molecular weight is 389 g/mol. The number of nitrogens with zero attached hydrogens (tertiary/aromatic N) is 1. The molecule has 0 bridgehead atoms. The van der Waals surface area contributed by atoms with Crippen molar-refractivity contribution in [1.82, 2.24) is 4.90 Å². The van der Waals surface area contributed by atoms with Crippen molar-refractivity contribution < 1.29 is 23.8 Å². The SMILES string of the molecule is CCCOc1ccc(/C=C/C(=O)N(CC2CCCO2)CC(C)C(=O)OC)cc1. The maximum Gasteiger partial charge on any atom is 0.310 e. The second-order valence-electron chi connectivity index (χ2n) is 7.05. The number of benzene rings is 1. The summed E-state index contributed by atoms with van der Waals surface area (Å²) in [6.45, 7) is 6.02. The maximum atomic E-state index is 12.8. The molecule has 1 aromatic carbocycles. The largest absolute Gasteiger partial charge is 0.494 e. The fourth-order valence-corrected chi connectivity index (χ4v) is 3.06. The zero-order valence-electron chi connectivity index (χ0n) is 17.1. The van der Waals surface area contributed by atoms with Gasteiger partial charge in [-0.15, -0.1) is 0 Å². The highest BCUT2D eigenvalue weighted by Gasteiger charge is 2.25. The molecule has 1 aromatic rings. The van der Waals surface area contributed by atoms with E-state index in [0.717, 1.165) is 37.2 Å². The molecular formula is C22H31NO5. The van der Waals surface area contributed by atoms with E-state index in [4.69, 9.17) is 14.2 Å². The highest BCUT2D eigenvalue weighted by atomic mass is 16.5. The molecule has 6 nitrogen and oxygen atoms in total. The van der Waals surface area contributed by atoms with Gasteiger partial charge in [-0.05, 0) is 43.0 Å². The van der Waals surface area contributed by atoms with Crippen LogP contribution in [0.2, 0.25) is 0 Å². The second kappa shape index (κ2) is 11.5. The molecule has 1 heterocycles. The van der Waals surface area contributed by atoms with Crippen molar-refractivity contribution in [3.63, 3.8) is 0 Å². The molecular weight excluding hydrogens is 358 g/mol. The van der Waals surface area contributed by atoms with Gasteiger partial charge in [0.2, 0.25) is 5.91 Å². The first-order chi connectivity index (χ1) is 13.5. The minimum absolute atomic E-state index is 0.0252. The molecule has 0 aliphatic carbocycles. The molecule has 0 N–H and O–H groups in total. The molecule has 6 heteroatoms. The Morgan fingerprint density at radius 3 is 2.68 bits per heavy atom. The Labute approximate surface area is 167 Å². The molecule has 0 radical (unpaired) electrons. The monoisotopic (exact) mass is 389 g/mol. The van der Waals surface area contributed by atoms with Gasteiger partial charge in [-0.3, -0.25) is 9.59 Å². The number of carbonyl (C=O) groups excluding carboxylic acids is 2. The standard InChI is InChI=1S/C22H31NO5/c1-4-13-27-19-10-7-18(8-11-19)9-12-21(24)23(15-17(2)22(25)26-3)16-20-6-5-14-28-20/h7-12,17,20H,4-6,13-16H2,1-3H3/b12-9+. The normalized spacial score (nSPS) is 17.5. The maximum absolute atomic E-state index is 12.8. The van der Waals surface area contributed by atoms with Crippen LogP contribution in [0.1, 0.15) is 38.7 Å². The van der Waals surface area contributed by atoms with E-state index >= 15 is 0 Å². The Bertz CT molecular complexity index is 649. The van der Waals surface area contributed by atoms with Crippen LogP contribution in [-0.2, 0) is 19.1 Å². The molecule has 2 rings (SSSR count).